The van der Waals surface area contributed by atoms with E-state index in [4.69, 9.17) is 5.53 Å². The Morgan fingerprint density at radius 1 is 1.64 bits per heavy atom. The van der Waals surface area contributed by atoms with Crippen molar-refractivity contribution in [2.45, 2.75) is 19.1 Å². The Balaban J connectivity index is 2.64. The number of aryl methyl sites for hydroxylation is 1. The van der Waals surface area contributed by atoms with Gasteiger partial charge in [-0.2, -0.15) is 0 Å². The zero-order valence-electron chi connectivity index (χ0n) is 7.66. The second kappa shape index (κ2) is 4.97. The molecule has 76 valence electrons. The van der Waals surface area contributed by atoms with Crippen molar-refractivity contribution in [3.8, 4) is 0 Å². The van der Waals surface area contributed by atoms with Crippen LogP contribution < -0.4 is 0 Å². The maximum absolute atomic E-state index is 9.61. The van der Waals surface area contributed by atoms with Gasteiger partial charge < -0.3 is 10.2 Å². The smallest absolute Gasteiger partial charge is 0.114 e. The highest BCUT2D eigenvalue weighted by molar-refractivity contribution is 7.10. The molecular formula is C8H11N3O2S. The molecule has 0 amide bonds. The van der Waals surface area contributed by atoms with Crippen LogP contribution in [0.1, 0.15) is 16.5 Å². The van der Waals surface area contributed by atoms with Gasteiger partial charge in [-0.25, -0.2) is 0 Å². The average Bonchev–Trinajstić information content (AvgIpc) is 2.60. The van der Waals surface area contributed by atoms with Crippen LogP contribution in [0.4, 0.5) is 0 Å². The number of aliphatic hydroxyl groups excluding tert-OH is 2. The van der Waals surface area contributed by atoms with Gasteiger partial charge in [-0.15, -0.1) is 11.3 Å². The number of hydrogen-bond donors (Lipinski definition) is 2. The number of aliphatic hydroxyl groups is 2. The number of thiophene rings is 1. The minimum Gasteiger partial charge on any atom is -0.390 e. The van der Waals surface area contributed by atoms with E-state index in [0.29, 0.717) is 4.88 Å². The molecule has 1 rings (SSSR count). The van der Waals surface area contributed by atoms with Gasteiger partial charge in [0, 0.05) is 9.79 Å². The van der Waals surface area contributed by atoms with Crippen LogP contribution in [0.5, 0.6) is 0 Å². The van der Waals surface area contributed by atoms with E-state index in [9.17, 15) is 10.2 Å². The fraction of sp³-hybridized carbons (Fsp3) is 0.500. The predicted molar refractivity (Wildman–Crippen MR) is 54.0 cm³/mol. The molecule has 14 heavy (non-hydrogen) atoms. The molecule has 1 aromatic rings. The van der Waals surface area contributed by atoms with Crippen LogP contribution in [0.3, 0.4) is 0 Å². The third-order valence-electron chi connectivity index (χ3n) is 1.74. The zero-order valence-corrected chi connectivity index (χ0v) is 8.48. The molecule has 0 bridgehead atoms. The molecule has 0 saturated heterocycles. The van der Waals surface area contributed by atoms with Crippen molar-refractivity contribution in [3.05, 3.63) is 32.3 Å². The summed E-state index contributed by atoms with van der Waals surface area (Å²) in [4.78, 5) is 3.20. The number of rotatable bonds is 4. The van der Waals surface area contributed by atoms with Crippen LogP contribution >= 0.6 is 11.3 Å². The van der Waals surface area contributed by atoms with Crippen molar-refractivity contribution in [3.63, 3.8) is 0 Å². The summed E-state index contributed by atoms with van der Waals surface area (Å²) in [6.45, 7) is 1.79. The minimum atomic E-state index is -1.04. The molecule has 2 atom stereocenters. The van der Waals surface area contributed by atoms with Gasteiger partial charge >= 0.3 is 0 Å². The van der Waals surface area contributed by atoms with Crippen LogP contribution in [0.25, 0.3) is 10.4 Å². The fourth-order valence-corrected chi connectivity index (χ4v) is 1.96. The Kier molecular flexibility index (Phi) is 3.91. The van der Waals surface area contributed by atoms with E-state index < -0.39 is 12.2 Å². The van der Waals surface area contributed by atoms with Crippen molar-refractivity contribution in [2.24, 2.45) is 5.11 Å². The molecule has 1 heterocycles. The van der Waals surface area contributed by atoms with E-state index >= 15 is 0 Å². The Labute approximate surface area is 85.3 Å². The first-order chi connectivity index (χ1) is 6.65. The van der Waals surface area contributed by atoms with E-state index in [1.54, 1.807) is 6.07 Å². The van der Waals surface area contributed by atoms with Crippen LogP contribution in [0.2, 0.25) is 0 Å². The summed E-state index contributed by atoms with van der Waals surface area (Å²) in [6.07, 6.45) is -2.01. The van der Waals surface area contributed by atoms with Crippen molar-refractivity contribution < 1.29 is 10.2 Å². The van der Waals surface area contributed by atoms with E-state index in [1.807, 2.05) is 12.3 Å². The lowest BCUT2D eigenvalue weighted by Crippen LogP contribution is -2.20. The quantitative estimate of drug-likeness (QED) is 0.453. The molecule has 0 spiro atoms. The Hall–Kier alpha value is -1.07. The molecule has 0 fully saturated rings. The lowest BCUT2D eigenvalue weighted by molar-refractivity contribution is 0.0266. The Morgan fingerprint density at radius 2 is 2.36 bits per heavy atom. The third-order valence-corrected chi connectivity index (χ3v) is 2.86. The van der Waals surface area contributed by atoms with E-state index in [2.05, 4.69) is 10.0 Å². The van der Waals surface area contributed by atoms with Crippen molar-refractivity contribution >= 4 is 11.3 Å². The van der Waals surface area contributed by atoms with Crippen molar-refractivity contribution in [1.82, 2.24) is 0 Å². The van der Waals surface area contributed by atoms with Gasteiger partial charge in [-0.1, -0.05) is 5.11 Å². The van der Waals surface area contributed by atoms with Gasteiger partial charge in [0.05, 0.1) is 12.6 Å². The molecule has 0 aromatic carbocycles. The molecular weight excluding hydrogens is 202 g/mol. The van der Waals surface area contributed by atoms with E-state index in [1.165, 1.54) is 11.3 Å². The summed E-state index contributed by atoms with van der Waals surface area (Å²) >= 11 is 1.37. The van der Waals surface area contributed by atoms with E-state index in [-0.39, 0.29) is 6.54 Å². The minimum absolute atomic E-state index is 0.116. The number of azide groups is 1. The van der Waals surface area contributed by atoms with Gasteiger partial charge in [0.25, 0.3) is 0 Å². The topological polar surface area (TPSA) is 89.2 Å². The lowest BCUT2D eigenvalue weighted by atomic mass is 10.1. The molecule has 0 saturated carbocycles. The van der Waals surface area contributed by atoms with Gasteiger partial charge in [-0.05, 0) is 29.5 Å². The molecule has 0 aliphatic rings. The van der Waals surface area contributed by atoms with Crippen LogP contribution in [-0.4, -0.2) is 22.9 Å². The monoisotopic (exact) mass is 213 g/mol. The third kappa shape index (κ3) is 2.71. The highest BCUT2D eigenvalue weighted by Crippen LogP contribution is 2.24. The SMILES string of the molecule is Cc1csc(C(O)C(O)CN=[N+]=[N-])c1. The summed E-state index contributed by atoms with van der Waals surface area (Å²) in [5.74, 6) is 0. The summed E-state index contributed by atoms with van der Waals surface area (Å²) in [7, 11) is 0. The summed E-state index contributed by atoms with van der Waals surface area (Å²) in [5, 5.41) is 24.1. The van der Waals surface area contributed by atoms with Gasteiger partial charge in [-0.3, -0.25) is 0 Å². The maximum Gasteiger partial charge on any atom is 0.114 e. The second-order valence-electron chi connectivity index (χ2n) is 2.95. The van der Waals surface area contributed by atoms with Gasteiger partial charge in [0.2, 0.25) is 0 Å². The summed E-state index contributed by atoms with van der Waals surface area (Å²) < 4.78 is 0. The fourth-order valence-electron chi connectivity index (χ4n) is 1.02. The van der Waals surface area contributed by atoms with Crippen molar-refractivity contribution in [2.75, 3.05) is 6.54 Å². The molecule has 0 aliphatic carbocycles. The molecule has 5 nitrogen and oxygen atoms in total. The van der Waals surface area contributed by atoms with E-state index in [0.717, 1.165) is 5.56 Å². The molecule has 2 N–H and O–H groups in total. The first-order valence-corrected chi connectivity index (χ1v) is 4.95. The average molecular weight is 213 g/mol. The lowest BCUT2D eigenvalue weighted by Gasteiger charge is -2.13. The Bertz CT molecular complexity index is 346. The first kappa shape index (κ1) is 11.0. The first-order valence-electron chi connectivity index (χ1n) is 4.07. The molecule has 1 aromatic heterocycles. The standard InChI is InChI=1S/C8H11N3O2S/c1-5-2-7(14-4-5)8(13)6(12)3-10-11-9/h2,4,6,8,12-13H,3H2,1H3. The normalized spacial score (nSPS) is 14.5. The van der Waals surface area contributed by atoms with Crippen LogP contribution in [-0.2, 0) is 0 Å². The summed E-state index contributed by atoms with van der Waals surface area (Å²) in [6, 6.07) is 1.80. The van der Waals surface area contributed by atoms with Crippen LogP contribution in [0.15, 0.2) is 16.6 Å². The maximum atomic E-state index is 9.61. The molecule has 2 unspecified atom stereocenters. The highest BCUT2D eigenvalue weighted by Gasteiger charge is 2.18. The highest BCUT2D eigenvalue weighted by atomic mass is 32.1. The van der Waals surface area contributed by atoms with Crippen LogP contribution in [0, 0.1) is 6.92 Å². The molecule has 0 aliphatic heterocycles. The zero-order chi connectivity index (χ0) is 10.6. The summed E-state index contributed by atoms with van der Waals surface area (Å²) in [5.41, 5.74) is 9.08. The van der Waals surface area contributed by atoms with Gasteiger partial charge in [0.15, 0.2) is 0 Å². The number of nitrogens with zero attached hydrogens (tertiary/aromatic N) is 3. The largest absolute Gasteiger partial charge is 0.390 e. The number of hydrogen-bond acceptors (Lipinski definition) is 4. The Morgan fingerprint density at radius 3 is 2.86 bits per heavy atom. The molecule has 0 radical (unpaired) electrons. The predicted octanol–water partition coefficient (Wildman–Crippen LogP) is 1.76. The molecule has 6 heteroatoms. The second-order valence-corrected chi connectivity index (χ2v) is 3.89. The van der Waals surface area contributed by atoms with Crippen molar-refractivity contribution in [1.29, 1.82) is 0 Å². The van der Waals surface area contributed by atoms with Gasteiger partial charge in [0.1, 0.15) is 6.10 Å².